The number of nitrogens with zero attached hydrogens (tertiary/aromatic N) is 1. The lowest BCUT2D eigenvalue weighted by atomic mass is 9.98. The molecule has 0 aliphatic rings. The van der Waals surface area contributed by atoms with Crippen molar-refractivity contribution in [3.8, 4) is 0 Å². The van der Waals surface area contributed by atoms with Crippen LogP contribution in [0.25, 0.3) is 0 Å². The van der Waals surface area contributed by atoms with Gasteiger partial charge < -0.3 is 5.11 Å². The van der Waals surface area contributed by atoms with E-state index in [1.807, 2.05) is 0 Å². The summed E-state index contributed by atoms with van der Waals surface area (Å²) in [6.45, 7) is 3.49. The first-order valence-corrected chi connectivity index (χ1v) is 6.97. The zero-order chi connectivity index (χ0) is 12.9. The SMILES string of the molecule is CC(C)(CO)CS(=O)(=O)NCc1ccncc1. The van der Waals surface area contributed by atoms with Crippen LogP contribution in [-0.4, -0.2) is 30.9 Å². The summed E-state index contributed by atoms with van der Waals surface area (Å²) in [4.78, 5) is 3.85. The molecule has 17 heavy (non-hydrogen) atoms. The van der Waals surface area contributed by atoms with Crippen LogP contribution in [-0.2, 0) is 16.6 Å². The van der Waals surface area contributed by atoms with Crippen molar-refractivity contribution in [1.82, 2.24) is 9.71 Å². The lowest BCUT2D eigenvalue weighted by Crippen LogP contribution is -2.35. The number of hydrogen-bond donors (Lipinski definition) is 2. The van der Waals surface area contributed by atoms with Crippen LogP contribution in [0.1, 0.15) is 19.4 Å². The molecule has 0 aromatic carbocycles. The maximum Gasteiger partial charge on any atom is 0.212 e. The minimum atomic E-state index is -3.38. The lowest BCUT2D eigenvalue weighted by Gasteiger charge is -2.21. The number of aliphatic hydroxyl groups excluding tert-OH is 1. The molecule has 0 radical (unpaired) electrons. The lowest BCUT2D eigenvalue weighted by molar-refractivity contribution is 0.178. The first-order chi connectivity index (χ1) is 7.85. The van der Waals surface area contributed by atoms with Crippen molar-refractivity contribution in [3.63, 3.8) is 0 Å². The third-order valence-electron chi connectivity index (χ3n) is 2.25. The molecule has 2 N–H and O–H groups in total. The summed E-state index contributed by atoms with van der Waals surface area (Å²) in [5, 5.41) is 9.04. The largest absolute Gasteiger partial charge is 0.396 e. The molecule has 5 nitrogen and oxygen atoms in total. The Morgan fingerprint density at radius 1 is 1.35 bits per heavy atom. The van der Waals surface area contributed by atoms with Crippen molar-refractivity contribution < 1.29 is 13.5 Å². The summed E-state index contributed by atoms with van der Waals surface area (Å²) in [6, 6.07) is 3.50. The van der Waals surface area contributed by atoms with E-state index < -0.39 is 15.4 Å². The highest BCUT2D eigenvalue weighted by molar-refractivity contribution is 7.89. The van der Waals surface area contributed by atoms with E-state index in [0.717, 1.165) is 5.56 Å². The summed E-state index contributed by atoms with van der Waals surface area (Å²) in [5.74, 6) is -0.0957. The third kappa shape index (κ3) is 5.25. The van der Waals surface area contributed by atoms with Crippen molar-refractivity contribution in [2.45, 2.75) is 20.4 Å². The van der Waals surface area contributed by atoms with Gasteiger partial charge in [0, 0.05) is 31.0 Å². The van der Waals surface area contributed by atoms with Gasteiger partial charge in [0.2, 0.25) is 10.0 Å². The van der Waals surface area contributed by atoms with E-state index in [-0.39, 0.29) is 18.9 Å². The number of aliphatic hydroxyl groups is 1. The predicted molar refractivity (Wildman–Crippen MR) is 65.7 cm³/mol. The van der Waals surface area contributed by atoms with Crippen LogP contribution in [0, 0.1) is 5.41 Å². The predicted octanol–water partition coefficient (Wildman–Crippen LogP) is 0.519. The standard InChI is InChI=1S/C11H18N2O3S/c1-11(2,8-14)9-17(15,16)13-7-10-3-5-12-6-4-10/h3-6,13-14H,7-9H2,1-2H3. The molecular formula is C11H18N2O3S. The average Bonchev–Trinajstić information content (AvgIpc) is 2.27. The minimum Gasteiger partial charge on any atom is -0.396 e. The highest BCUT2D eigenvalue weighted by Crippen LogP contribution is 2.16. The zero-order valence-electron chi connectivity index (χ0n) is 10.0. The third-order valence-corrected chi connectivity index (χ3v) is 4.00. The fourth-order valence-corrected chi connectivity index (χ4v) is 2.91. The zero-order valence-corrected chi connectivity index (χ0v) is 10.9. The molecule has 0 saturated carbocycles. The van der Waals surface area contributed by atoms with Gasteiger partial charge >= 0.3 is 0 Å². The summed E-state index contributed by atoms with van der Waals surface area (Å²) in [6.07, 6.45) is 3.22. The van der Waals surface area contributed by atoms with Crippen LogP contribution >= 0.6 is 0 Å². The Labute approximate surface area is 102 Å². The van der Waals surface area contributed by atoms with Crippen LogP contribution in [0.5, 0.6) is 0 Å². The Morgan fingerprint density at radius 3 is 2.47 bits per heavy atom. The second-order valence-corrected chi connectivity index (χ2v) is 6.56. The Bertz CT molecular complexity index is 443. The monoisotopic (exact) mass is 258 g/mol. The van der Waals surface area contributed by atoms with Gasteiger partial charge in [-0.05, 0) is 17.7 Å². The molecule has 1 rings (SSSR count). The maximum atomic E-state index is 11.7. The fourth-order valence-electron chi connectivity index (χ4n) is 1.31. The molecule has 0 amide bonds. The second-order valence-electron chi connectivity index (χ2n) is 4.76. The minimum absolute atomic E-state index is 0.0957. The first kappa shape index (κ1) is 14.1. The molecular weight excluding hydrogens is 240 g/mol. The van der Waals surface area contributed by atoms with Gasteiger partial charge in [0.1, 0.15) is 0 Å². The van der Waals surface area contributed by atoms with Crippen LogP contribution in [0.2, 0.25) is 0 Å². The van der Waals surface area contributed by atoms with E-state index in [0.29, 0.717) is 0 Å². The number of nitrogens with one attached hydrogen (secondary N) is 1. The van der Waals surface area contributed by atoms with Crippen LogP contribution in [0.15, 0.2) is 24.5 Å². The summed E-state index contributed by atoms with van der Waals surface area (Å²) in [7, 11) is -3.38. The molecule has 0 saturated heterocycles. The molecule has 1 heterocycles. The highest BCUT2D eigenvalue weighted by atomic mass is 32.2. The Balaban J connectivity index is 2.57. The fraction of sp³-hybridized carbons (Fsp3) is 0.545. The van der Waals surface area contributed by atoms with E-state index in [2.05, 4.69) is 9.71 Å². The van der Waals surface area contributed by atoms with E-state index in [1.54, 1.807) is 38.4 Å². The highest BCUT2D eigenvalue weighted by Gasteiger charge is 2.25. The van der Waals surface area contributed by atoms with E-state index in [1.165, 1.54) is 0 Å². The van der Waals surface area contributed by atoms with Crippen LogP contribution in [0.3, 0.4) is 0 Å². The maximum absolute atomic E-state index is 11.7. The number of pyridine rings is 1. The second kappa shape index (κ2) is 5.57. The van der Waals surface area contributed by atoms with Gasteiger partial charge in [0.25, 0.3) is 0 Å². The molecule has 0 unspecified atom stereocenters. The number of aromatic nitrogens is 1. The first-order valence-electron chi connectivity index (χ1n) is 5.32. The normalized spacial score (nSPS) is 12.6. The van der Waals surface area contributed by atoms with Gasteiger partial charge in [0.15, 0.2) is 0 Å². The average molecular weight is 258 g/mol. The van der Waals surface area contributed by atoms with Crippen molar-refractivity contribution in [2.24, 2.45) is 5.41 Å². The van der Waals surface area contributed by atoms with Gasteiger partial charge in [-0.1, -0.05) is 13.8 Å². The van der Waals surface area contributed by atoms with Crippen molar-refractivity contribution in [1.29, 1.82) is 0 Å². The van der Waals surface area contributed by atoms with Crippen LogP contribution < -0.4 is 4.72 Å². The Morgan fingerprint density at radius 2 is 1.94 bits per heavy atom. The summed E-state index contributed by atoms with van der Waals surface area (Å²) >= 11 is 0. The van der Waals surface area contributed by atoms with Crippen molar-refractivity contribution in [2.75, 3.05) is 12.4 Å². The summed E-state index contributed by atoms with van der Waals surface area (Å²) < 4.78 is 26.0. The number of hydrogen-bond acceptors (Lipinski definition) is 4. The van der Waals surface area contributed by atoms with Gasteiger partial charge in [-0.2, -0.15) is 0 Å². The molecule has 0 spiro atoms. The Hall–Kier alpha value is -0.980. The Kier molecular flexibility index (Phi) is 4.62. The molecule has 0 aliphatic heterocycles. The quantitative estimate of drug-likeness (QED) is 0.779. The van der Waals surface area contributed by atoms with E-state index >= 15 is 0 Å². The number of sulfonamides is 1. The van der Waals surface area contributed by atoms with Gasteiger partial charge in [-0.3, -0.25) is 4.98 Å². The van der Waals surface area contributed by atoms with Crippen LogP contribution in [0.4, 0.5) is 0 Å². The topological polar surface area (TPSA) is 79.3 Å². The molecule has 0 aliphatic carbocycles. The molecule has 0 fully saturated rings. The molecule has 1 aromatic rings. The molecule has 96 valence electrons. The van der Waals surface area contributed by atoms with Crippen molar-refractivity contribution >= 4 is 10.0 Å². The molecule has 0 atom stereocenters. The molecule has 0 bridgehead atoms. The van der Waals surface area contributed by atoms with Gasteiger partial charge in [-0.25, -0.2) is 13.1 Å². The van der Waals surface area contributed by atoms with E-state index in [9.17, 15) is 8.42 Å². The molecule has 1 aromatic heterocycles. The summed E-state index contributed by atoms with van der Waals surface area (Å²) in [5.41, 5.74) is 0.217. The van der Waals surface area contributed by atoms with Crippen molar-refractivity contribution in [3.05, 3.63) is 30.1 Å². The number of rotatable bonds is 6. The van der Waals surface area contributed by atoms with Gasteiger partial charge in [0.05, 0.1) is 5.75 Å². The van der Waals surface area contributed by atoms with Gasteiger partial charge in [-0.15, -0.1) is 0 Å². The van der Waals surface area contributed by atoms with E-state index in [4.69, 9.17) is 5.11 Å². The molecule has 6 heteroatoms. The smallest absolute Gasteiger partial charge is 0.212 e.